The van der Waals surface area contributed by atoms with Crippen molar-refractivity contribution in [2.75, 3.05) is 6.26 Å². The number of thioether (sulfide) groups is 1. The second kappa shape index (κ2) is 4.48. The van der Waals surface area contributed by atoms with E-state index in [1.54, 1.807) is 11.8 Å². The highest BCUT2D eigenvalue weighted by molar-refractivity contribution is 7.98. The molecule has 0 saturated carbocycles. The van der Waals surface area contributed by atoms with Crippen molar-refractivity contribution in [2.24, 2.45) is 5.73 Å². The summed E-state index contributed by atoms with van der Waals surface area (Å²) in [7, 11) is 0. The van der Waals surface area contributed by atoms with E-state index in [2.05, 4.69) is 11.9 Å². The van der Waals surface area contributed by atoms with Gasteiger partial charge in [-0.25, -0.2) is 4.98 Å². The van der Waals surface area contributed by atoms with Gasteiger partial charge in [0.05, 0.1) is 5.03 Å². The molecule has 0 aliphatic rings. The summed E-state index contributed by atoms with van der Waals surface area (Å²) in [6.45, 7) is 2.08. The van der Waals surface area contributed by atoms with Crippen molar-refractivity contribution in [2.45, 2.75) is 24.4 Å². The summed E-state index contributed by atoms with van der Waals surface area (Å²) in [5.41, 5.74) is 6.96. The first kappa shape index (κ1) is 9.55. The molecule has 1 atom stereocenters. The summed E-state index contributed by atoms with van der Waals surface area (Å²) in [5.74, 6) is 0. The van der Waals surface area contributed by atoms with Crippen molar-refractivity contribution in [3.8, 4) is 0 Å². The van der Waals surface area contributed by atoms with Gasteiger partial charge in [-0.3, -0.25) is 0 Å². The third-order valence-corrected chi connectivity index (χ3v) is 2.50. The lowest BCUT2D eigenvalue weighted by molar-refractivity contribution is 0.693. The van der Waals surface area contributed by atoms with Gasteiger partial charge >= 0.3 is 0 Å². The molecule has 1 aromatic heterocycles. The summed E-state index contributed by atoms with van der Waals surface area (Å²) in [4.78, 5) is 4.25. The fourth-order valence-electron chi connectivity index (χ4n) is 0.968. The Kier molecular flexibility index (Phi) is 3.56. The van der Waals surface area contributed by atoms with E-state index < -0.39 is 0 Å². The molecule has 1 rings (SSSR count). The van der Waals surface area contributed by atoms with Crippen molar-refractivity contribution in [1.29, 1.82) is 0 Å². The topological polar surface area (TPSA) is 38.9 Å². The zero-order valence-corrected chi connectivity index (χ0v) is 8.27. The number of rotatable bonds is 3. The minimum absolute atomic E-state index is 0.133. The van der Waals surface area contributed by atoms with Crippen LogP contribution in [-0.2, 0) is 0 Å². The average molecular weight is 182 g/mol. The number of hydrogen-bond acceptors (Lipinski definition) is 3. The molecule has 0 aliphatic heterocycles. The Labute approximate surface area is 77.6 Å². The maximum Gasteiger partial charge on any atom is 0.0957 e. The lowest BCUT2D eigenvalue weighted by Crippen LogP contribution is -2.08. The maximum absolute atomic E-state index is 5.84. The minimum atomic E-state index is 0.133. The predicted molar refractivity (Wildman–Crippen MR) is 53.2 cm³/mol. The SMILES string of the molecule is CC[C@@H](N)c1ccc(SC)nc1. The van der Waals surface area contributed by atoms with Crippen molar-refractivity contribution in [3.05, 3.63) is 23.9 Å². The maximum atomic E-state index is 5.84. The number of pyridine rings is 1. The Bertz CT molecular complexity index is 233. The van der Waals surface area contributed by atoms with Crippen LogP contribution >= 0.6 is 11.8 Å². The smallest absolute Gasteiger partial charge is 0.0957 e. The first-order valence-electron chi connectivity index (χ1n) is 4.03. The highest BCUT2D eigenvalue weighted by atomic mass is 32.2. The van der Waals surface area contributed by atoms with Gasteiger partial charge in [0, 0.05) is 12.2 Å². The third kappa shape index (κ3) is 2.22. The molecule has 0 unspecified atom stereocenters. The van der Waals surface area contributed by atoms with Crippen LogP contribution in [0.5, 0.6) is 0 Å². The molecule has 1 heterocycles. The van der Waals surface area contributed by atoms with Crippen molar-refractivity contribution in [1.82, 2.24) is 4.98 Å². The Morgan fingerprint density at radius 2 is 2.33 bits per heavy atom. The molecular weight excluding hydrogens is 168 g/mol. The van der Waals surface area contributed by atoms with Crippen LogP contribution in [0.1, 0.15) is 24.9 Å². The third-order valence-electron chi connectivity index (χ3n) is 1.84. The van der Waals surface area contributed by atoms with Crippen molar-refractivity contribution in [3.63, 3.8) is 0 Å². The van der Waals surface area contributed by atoms with Crippen LogP contribution in [0, 0.1) is 0 Å². The van der Waals surface area contributed by atoms with E-state index in [9.17, 15) is 0 Å². The van der Waals surface area contributed by atoms with E-state index in [1.165, 1.54) is 0 Å². The van der Waals surface area contributed by atoms with Crippen LogP contribution in [0.2, 0.25) is 0 Å². The van der Waals surface area contributed by atoms with E-state index in [-0.39, 0.29) is 6.04 Å². The molecule has 1 aromatic rings. The minimum Gasteiger partial charge on any atom is -0.324 e. The summed E-state index contributed by atoms with van der Waals surface area (Å²) in [6.07, 6.45) is 4.84. The molecule has 2 N–H and O–H groups in total. The number of aromatic nitrogens is 1. The van der Waals surface area contributed by atoms with Gasteiger partial charge in [0.15, 0.2) is 0 Å². The summed E-state index contributed by atoms with van der Waals surface area (Å²) in [6, 6.07) is 4.19. The standard InChI is InChI=1S/C9H14N2S/c1-3-8(10)7-4-5-9(12-2)11-6-7/h4-6,8H,3,10H2,1-2H3/t8-/m1/s1. The van der Waals surface area contributed by atoms with E-state index in [1.807, 2.05) is 24.6 Å². The highest BCUT2D eigenvalue weighted by Gasteiger charge is 2.02. The molecule has 0 radical (unpaired) electrons. The first-order chi connectivity index (χ1) is 5.77. The van der Waals surface area contributed by atoms with Gasteiger partial charge in [0.25, 0.3) is 0 Å². The molecule has 2 nitrogen and oxygen atoms in total. The fraction of sp³-hybridized carbons (Fsp3) is 0.444. The van der Waals surface area contributed by atoms with Gasteiger partial charge in [-0.2, -0.15) is 0 Å². The van der Waals surface area contributed by atoms with Gasteiger partial charge in [-0.05, 0) is 24.3 Å². The second-order valence-electron chi connectivity index (χ2n) is 2.65. The fourth-order valence-corrected chi connectivity index (χ4v) is 1.33. The van der Waals surface area contributed by atoms with Gasteiger partial charge in [0.2, 0.25) is 0 Å². The highest BCUT2D eigenvalue weighted by Crippen LogP contribution is 2.16. The average Bonchev–Trinajstić information content (AvgIpc) is 2.17. The van der Waals surface area contributed by atoms with E-state index in [0.717, 1.165) is 17.0 Å². The molecule has 12 heavy (non-hydrogen) atoms. The van der Waals surface area contributed by atoms with Crippen LogP contribution < -0.4 is 5.73 Å². The van der Waals surface area contributed by atoms with Crippen LogP contribution in [0.25, 0.3) is 0 Å². The van der Waals surface area contributed by atoms with Crippen LogP contribution in [0.15, 0.2) is 23.4 Å². The normalized spacial score (nSPS) is 12.9. The van der Waals surface area contributed by atoms with Crippen LogP contribution in [-0.4, -0.2) is 11.2 Å². The Morgan fingerprint density at radius 3 is 2.75 bits per heavy atom. The van der Waals surface area contributed by atoms with Crippen molar-refractivity contribution >= 4 is 11.8 Å². The predicted octanol–water partition coefficient (Wildman–Crippen LogP) is 2.21. The monoisotopic (exact) mass is 182 g/mol. The Hall–Kier alpha value is -0.540. The van der Waals surface area contributed by atoms with Gasteiger partial charge in [-0.15, -0.1) is 11.8 Å². The lowest BCUT2D eigenvalue weighted by atomic mass is 10.1. The van der Waals surface area contributed by atoms with Gasteiger partial charge in [-0.1, -0.05) is 13.0 Å². The molecule has 0 bridgehead atoms. The molecule has 0 saturated heterocycles. The van der Waals surface area contributed by atoms with E-state index >= 15 is 0 Å². The van der Waals surface area contributed by atoms with Gasteiger partial charge < -0.3 is 5.73 Å². The zero-order valence-electron chi connectivity index (χ0n) is 7.45. The second-order valence-corrected chi connectivity index (χ2v) is 3.48. The number of hydrogen-bond donors (Lipinski definition) is 1. The Morgan fingerprint density at radius 1 is 1.58 bits per heavy atom. The van der Waals surface area contributed by atoms with Crippen LogP contribution in [0.3, 0.4) is 0 Å². The summed E-state index contributed by atoms with van der Waals surface area (Å²) >= 11 is 1.64. The van der Waals surface area contributed by atoms with E-state index in [4.69, 9.17) is 5.73 Å². The molecule has 0 fully saturated rings. The zero-order chi connectivity index (χ0) is 8.97. The molecule has 0 aliphatic carbocycles. The molecule has 66 valence electrons. The Balaban J connectivity index is 2.77. The molecule has 0 amide bonds. The van der Waals surface area contributed by atoms with Crippen LogP contribution in [0.4, 0.5) is 0 Å². The molecular formula is C9H14N2S. The largest absolute Gasteiger partial charge is 0.324 e. The molecule has 0 aromatic carbocycles. The molecule has 0 spiro atoms. The number of nitrogens with zero attached hydrogens (tertiary/aromatic N) is 1. The summed E-state index contributed by atoms with van der Waals surface area (Å²) < 4.78 is 0. The van der Waals surface area contributed by atoms with Crippen molar-refractivity contribution < 1.29 is 0 Å². The lowest BCUT2D eigenvalue weighted by Gasteiger charge is -2.07. The summed E-state index contributed by atoms with van der Waals surface area (Å²) in [5, 5.41) is 1.04. The first-order valence-corrected chi connectivity index (χ1v) is 5.26. The molecule has 3 heteroatoms. The van der Waals surface area contributed by atoms with E-state index in [0.29, 0.717) is 0 Å². The quantitative estimate of drug-likeness (QED) is 0.728. The van der Waals surface area contributed by atoms with Gasteiger partial charge in [0.1, 0.15) is 0 Å². The number of nitrogens with two attached hydrogens (primary N) is 1.